The second-order valence-corrected chi connectivity index (χ2v) is 6.91. The van der Waals surface area contributed by atoms with Gasteiger partial charge in [0.25, 0.3) is 5.56 Å². The summed E-state index contributed by atoms with van der Waals surface area (Å²) in [7, 11) is -1.97. The van der Waals surface area contributed by atoms with Crippen molar-refractivity contribution in [3.63, 3.8) is 0 Å². The van der Waals surface area contributed by atoms with Crippen LogP contribution in [-0.2, 0) is 21.6 Å². The van der Waals surface area contributed by atoms with Crippen molar-refractivity contribution in [1.82, 2.24) is 9.78 Å². The molecule has 1 aromatic heterocycles. The number of hydrogen-bond donors (Lipinski definition) is 0. The average molecular weight is 336 g/mol. The molecule has 0 saturated carbocycles. The van der Waals surface area contributed by atoms with Crippen molar-refractivity contribution in [3.05, 3.63) is 58.5 Å². The van der Waals surface area contributed by atoms with E-state index < -0.39 is 15.8 Å². The van der Waals surface area contributed by atoms with E-state index in [0.29, 0.717) is 0 Å². The lowest BCUT2D eigenvalue weighted by Crippen LogP contribution is -2.22. The molecule has 2 aromatic rings. The first-order valence-electron chi connectivity index (χ1n) is 6.89. The van der Waals surface area contributed by atoms with Gasteiger partial charge in [-0.1, -0.05) is 18.2 Å². The summed E-state index contributed by atoms with van der Waals surface area (Å²) in [6.45, 7) is -0.0462. The van der Waals surface area contributed by atoms with Crippen LogP contribution in [0.4, 0.5) is 0 Å². The molecule has 0 unspecified atom stereocenters. The van der Waals surface area contributed by atoms with E-state index >= 15 is 0 Å². The van der Waals surface area contributed by atoms with Crippen molar-refractivity contribution in [1.29, 1.82) is 0 Å². The molecular weight excluding hydrogens is 320 g/mol. The van der Waals surface area contributed by atoms with Gasteiger partial charge in [-0.25, -0.2) is 17.9 Å². The standard InChI is InChI=1S/C15H16N2O5S/c1-17-14(18)9-8-13(16-17)15(19)22-10-5-11-23(20,21)12-6-3-2-4-7-12/h2-4,6-9H,5,10-11H2,1H3. The van der Waals surface area contributed by atoms with Gasteiger partial charge in [0, 0.05) is 13.1 Å². The van der Waals surface area contributed by atoms with Gasteiger partial charge in [0.2, 0.25) is 0 Å². The molecule has 0 spiro atoms. The zero-order chi connectivity index (χ0) is 16.9. The third-order valence-corrected chi connectivity index (χ3v) is 4.88. The monoisotopic (exact) mass is 336 g/mol. The number of esters is 1. The summed E-state index contributed by atoms with van der Waals surface area (Å²) in [5, 5.41) is 3.76. The van der Waals surface area contributed by atoms with Crippen LogP contribution in [0.3, 0.4) is 0 Å². The van der Waals surface area contributed by atoms with Crippen LogP contribution in [0.25, 0.3) is 0 Å². The molecule has 0 amide bonds. The summed E-state index contributed by atoms with van der Waals surface area (Å²) >= 11 is 0. The normalized spacial score (nSPS) is 11.2. The fourth-order valence-electron chi connectivity index (χ4n) is 1.84. The Kier molecular flexibility index (Phi) is 5.28. The van der Waals surface area contributed by atoms with Crippen LogP contribution in [0.15, 0.2) is 52.2 Å². The van der Waals surface area contributed by atoms with Crippen molar-refractivity contribution in [2.45, 2.75) is 11.3 Å². The van der Waals surface area contributed by atoms with E-state index in [1.165, 1.54) is 31.3 Å². The second kappa shape index (κ2) is 7.19. The van der Waals surface area contributed by atoms with Gasteiger partial charge in [-0.2, -0.15) is 5.10 Å². The van der Waals surface area contributed by atoms with Gasteiger partial charge >= 0.3 is 5.97 Å². The highest BCUT2D eigenvalue weighted by atomic mass is 32.2. The van der Waals surface area contributed by atoms with Crippen molar-refractivity contribution < 1.29 is 17.9 Å². The van der Waals surface area contributed by atoms with Crippen LogP contribution in [0.1, 0.15) is 16.9 Å². The Bertz CT molecular complexity index is 844. The van der Waals surface area contributed by atoms with Crippen molar-refractivity contribution in [2.75, 3.05) is 12.4 Å². The number of hydrogen-bond acceptors (Lipinski definition) is 6. The smallest absolute Gasteiger partial charge is 0.358 e. The number of nitrogens with zero attached hydrogens (tertiary/aromatic N) is 2. The Labute approximate surface area is 133 Å². The third kappa shape index (κ3) is 4.49. The van der Waals surface area contributed by atoms with Crippen LogP contribution < -0.4 is 5.56 Å². The lowest BCUT2D eigenvalue weighted by molar-refractivity contribution is 0.0496. The van der Waals surface area contributed by atoms with Gasteiger partial charge in [-0.05, 0) is 24.6 Å². The predicted octanol–water partition coefficient (Wildman–Crippen LogP) is 0.801. The highest BCUT2D eigenvalue weighted by Crippen LogP contribution is 2.11. The first-order valence-corrected chi connectivity index (χ1v) is 8.55. The van der Waals surface area contributed by atoms with Crippen molar-refractivity contribution in [3.8, 4) is 0 Å². The zero-order valence-electron chi connectivity index (χ0n) is 12.5. The maximum Gasteiger partial charge on any atom is 0.358 e. The number of sulfone groups is 1. The minimum Gasteiger partial charge on any atom is -0.461 e. The molecule has 1 aromatic carbocycles. The molecule has 0 radical (unpaired) electrons. The Balaban J connectivity index is 1.86. The molecule has 8 heteroatoms. The van der Waals surface area contributed by atoms with Gasteiger partial charge in [0.05, 0.1) is 17.3 Å². The Morgan fingerprint density at radius 2 is 1.87 bits per heavy atom. The molecule has 0 bridgehead atoms. The molecule has 1 heterocycles. The number of benzene rings is 1. The number of rotatable bonds is 6. The highest BCUT2D eigenvalue weighted by molar-refractivity contribution is 7.91. The van der Waals surface area contributed by atoms with Crippen LogP contribution in [-0.4, -0.2) is 36.5 Å². The number of carbonyl (C=O) groups is 1. The summed E-state index contributed by atoms with van der Waals surface area (Å²) in [5.74, 6) is -0.817. The molecule has 0 atom stereocenters. The molecule has 23 heavy (non-hydrogen) atoms. The number of aromatic nitrogens is 2. The second-order valence-electron chi connectivity index (χ2n) is 4.80. The molecule has 0 aliphatic heterocycles. The van der Waals surface area contributed by atoms with E-state index in [1.807, 2.05) is 0 Å². The maximum atomic E-state index is 12.0. The largest absolute Gasteiger partial charge is 0.461 e. The molecule has 0 N–H and O–H groups in total. The SMILES string of the molecule is Cn1nc(C(=O)OCCCS(=O)(=O)c2ccccc2)ccc1=O. The van der Waals surface area contributed by atoms with Gasteiger partial charge in [0.15, 0.2) is 15.5 Å². The first-order chi connectivity index (χ1) is 10.9. The average Bonchev–Trinajstić information content (AvgIpc) is 2.55. The van der Waals surface area contributed by atoms with E-state index in [4.69, 9.17) is 4.74 Å². The summed E-state index contributed by atoms with van der Waals surface area (Å²) in [6, 6.07) is 10.6. The molecular formula is C15H16N2O5S. The van der Waals surface area contributed by atoms with E-state index in [9.17, 15) is 18.0 Å². The zero-order valence-corrected chi connectivity index (χ0v) is 13.3. The molecule has 0 aliphatic carbocycles. The van der Waals surface area contributed by atoms with Gasteiger partial charge in [-0.15, -0.1) is 0 Å². The van der Waals surface area contributed by atoms with Crippen molar-refractivity contribution in [2.24, 2.45) is 7.05 Å². The third-order valence-electron chi connectivity index (χ3n) is 3.06. The quantitative estimate of drug-likeness (QED) is 0.572. The van der Waals surface area contributed by atoms with E-state index in [1.54, 1.807) is 18.2 Å². The van der Waals surface area contributed by atoms with Crippen molar-refractivity contribution >= 4 is 15.8 Å². The molecule has 2 rings (SSSR count). The maximum absolute atomic E-state index is 12.0. The lowest BCUT2D eigenvalue weighted by Gasteiger charge is -2.06. The van der Waals surface area contributed by atoms with E-state index in [-0.39, 0.29) is 34.9 Å². The van der Waals surface area contributed by atoms with Gasteiger partial charge < -0.3 is 4.74 Å². The van der Waals surface area contributed by atoms with Crippen LogP contribution in [0.2, 0.25) is 0 Å². The fourth-order valence-corrected chi connectivity index (χ4v) is 3.15. The predicted molar refractivity (Wildman–Crippen MR) is 82.9 cm³/mol. The molecule has 7 nitrogen and oxygen atoms in total. The lowest BCUT2D eigenvalue weighted by atomic mass is 10.4. The van der Waals surface area contributed by atoms with E-state index in [0.717, 1.165) is 4.68 Å². The Hall–Kier alpha value is -2.48. The first kappa shape index (κ1) is 16.9. The molecule has 0 fully saturated rings. The minimum absolute atomic E-state index is 0.00184. The summed E-state index contributed by atoms with van der Waals surface area (Å²) < 4.78 is 30.1. The summed E-state index contributed by atoms with van der Waals surface area (Å²) in [4.78, 5) is 23.2. The Morgan fingerprint density at radius 3 is 2.52 bits per heavy atom. The van der Waals surface area contributed by atoms with Crippen LogP contribution >= 0.6 is 0 Å². The van der Waals surface area contributed by atoms with Crippen LogP contribution in [0, 0.1) is 0 Å². The van der Waals surface area contributed by atoms with Gasteiger partial charge in [-0.3, -0.25) is 4.79 Å². The topological polar surface area (TPSA) is 95.3 Å². The number of carbonyl (C=O) groups excluding carboxylic acids is 1. The Morgan fingerprint density at radius 1 is 1.17 bits per heavy atom. The van der Waals surface area contributed by atoms with E-state index in [2.05, 4.69) is 5.10 Å². The highest BCUT2D eigenvalue weighted by Gasteiger charge is 2.15. The molecule has 122 valence electrons. The number of aryl methyl sites for hydroxylation is 1. The fraction of sp³-hybridized carbons (Fsp3) is 0.267. The molecule has 0 saturated heterocycles. The minimum atomic E-state index is -3.39. The summed E-state index contributed by atoms with van der Waals surface area (Å²) in [6.07, 6.45) is 0.175. The number of ether oxygens (including phenoxy) is 1. The van der Waals surface area contributed by atoms with Crippen LogP contribution in [0.5, 0.6) is 0 Å². The van der Waals surface area contributed by atoms with Gasteiger partial charge in [0.1, 0.15) is 0 Å². The summed E-state index contributed by atoms with van der Waals surface area (Å²) in [5.41, 5.74) is -0.339. The molecule has 0 aliphatic rings.